The van der Waals surface area contributed by atoms with E-state index in [1.54, 1.807) is 0 Å². The van der Waals surface area contributed by atoms with Crippen LogP contribution in [0.3, 0.4) is 0 Å². The predicted octanol–water partition coefficient (Wildman–Crippen LogP) is 1.62. The Morgan fingerprint density at radius 3 is 2.29 bits per heavy atom. The summed E-state index contributed by atoms with van der Waals surface area (Å²) < 4.78 is 25.4. The van der Waals surface area contributed by atoms with Gasteiger partial charge in [0.25, 0.3) is 0 Å². The van der Waals surface area contributed by atoms with Gasteiger partial charge in [0.1, 0.15) is 0 Å². The van der Waals surface area contributed by atoms with Crippen molar-refractivity contribution in [3.63, 3.8) is 0 Å². The lowest BCUT2D eigenvalue weighted by Crippen LogP contribution is -2.22. The number of hydrogen-bond donors (Lipinski definition) is 2. The average molecular weight is 248 g/mol. The van der Waals surface area contributed by atoms with E-state index in [1.165, 1.54) is 0 Å². The van der Waals surface area contributed by atoms with E-state index in [-0.39, 0.29) is 19.0 Å². The van der Waals surface area contributed by atoms with Crippen LogP contribution < -0.4 is 4.89 Å². The summed E-state index contributed by atoms with van der Waals surface area (Å²) in [4.78, 5) is 1.09. The summed E-state index contributed by atoms with van der Waals surface area (Å²) in [6.07, 6.45) is 5.05. The summed E-state index contributed by atoms with van der Waals surface area (Å²) >= 11 is 0. The van der Waals surface area contributed by atoms with Gasteiger partial charge in [-0.15, -0.1) is 12.4 Å². The second-order valence-corrected chi connectivity index (χ2v) is 4.11. The summed E-state index contributed by atoms with van der Waals surface area (Å²) in [5, 5.41) is 8.07. The van der Waals surface area contributed by atoms with Gasteiger partial charge < -0.3 is 5.21 Å². The fourth-order valence-corrected chi connectivity index (χ4v) is 1.29. The van der Waals surface area contributed by atoms with Crippen molar-refractivity contribution in [1.29, 1.82) is 0 Å². The Kier molecular flexibility index (Phi) is 11.4. The van der Waals surface area contributed by atoms with Crippen LogP contribution in [0.4, 0.5) is 0 Å². The molecule has 0 aliphatic heterocycles. The van der Waals surface area contributed by atoms with Crippen LogP contribution in [0, 0.1) is 0 Å². The van der Waals surface area contributed by atoms with Gasteiger partial charge in [-0.25, -0.2) is 0 Å². The molecule has 0 spiro atoms. The smallest absolute Gasteiger partial charge is 0.300 e. The van der Waals surface area contributed by atoms with Crippen LogP contribution in [0.1, 0.15) is 39.0 Å². The minimum Gasteiger partial charge on any atom is -0.300 e. The molecule has 7 heteroatoms. The Labute approximate surface area is 91.5 Å². The molecule has 0 unspecified atom stereocenters. The first-order valence-corrected chi connectivity index (χ1v) is 5.83. The van der Waals surface area contributed by atoms with E-state index in [2.05, 4.69) is 11.1 Å². The molecular formula is C7H18ClNO4S. The van der Waals surface area contributed by atoms with Crippen LogP contribution in [0.2, 0.25) is 0 Å². The van der Waals surface area contributed by atoms with E-state index in [0.717, 1.165) is 30.6 Å². The molecule has 14 heavy (non-hydrogen) atoms. The van der Waals surface area contributed by atoms with E-state index in [4.69, 9.17) is 5.21 Å². The SMILES string of the molecule is CCCCCCCOS(=O)(=O)NO.Cl. The predicted molar refractivity (Wildman–Crippen MR) is 55.8 cm³/mol. The van der Waals surface area contributed by atoms with Crippen molar-refractivity contribution >= 4 is 22.7 Å². The zero-order chi connectivity index (χ0) is 10.2. The molecule has 0 aliphatic carbocycles. The lowest BCUT2D eigenvalue weighted by atomic mass is 10.2. The first-order valence-electron chi connectivity index (χ1n) is 4.42. The maximum Gasteiger partial charge on any atom is 0.358 e. The first-order chi connectivity index (χ1) is 6.12. The number of rotatable bonds is 8. The van der Waals surface area contributed by atoms with Crippen LogP contribution in [0.25, 0.3) is 0 Å². The number of hydrogen-bond acceptors (Lipinski definition) is 4. The number of halogens is 1. The van der Waals surface area contributed by atoms with Gasteiger partial charge in [0.15, 0.2) is 0 Å². The van der Waals surface area contributed by atoms with E-state index in [9.17, 15) is 8.42 Å². The zero-order valence-corrected chi connectivity index (χ0v) is 9.86. The molecule has 0 aromatic carbocycles. The van der Waals surface area contributed by atoms with Gasteiger partial charge >= 0.3 is 10.3 Å². The highest BCUT2D eigenvalue weighted by molar-refractivity contribution is 7.84. The third-order valence-corrected chi connectivity index (χ3v) is 2.30. The summed E-state index contributed by atoms with van der Waals surface area (Å²) in [5.74, 6) is 0. The minimum atomic E-state index is -3.91. The van der Waals surface area contributed by atoms with E-state index in [0.29, 0.717) is 6.42 Å². The zero-order valence-electron chi connectivity index (χ0n) is 8.23. The van der Waals surface area contributed by atoms with Gasteiger partial charge in [0.2, 0.25) is 0 Å². The molecular weight excluding hydrogens is 230 g/mol. The van der Waals surface area contributed by atoms with E-state index in [1.807, 2.05) is 0 Å². The summed E-state index contributed by atoms with van der Waals surface area (Å²) in [5.41, 5.74) is 0. The molecule has 5 nitrogen and oxygen atoms in total. The summed E-state index contributed by atoms with van der Waals surface area (Å²) in [6.45, 7) is 2.23. The van der Waals surface area contributed by atoms with E-state index < -0.39 is 10.3 Å². The van der Waals surface area contributed by atoms with Crippen LogP contribution in [0.15, 0.2) is 0 Å². The molecule has 2 N–H and O–H groups in total. The molecule has 0 saturated carbocycles. The fraction of sp³-hybridized carbons (Fsp3) is 1.00. The third kappa shape index (κ3) is 10.2. The lowest BCUT2D eigenvalue weighted by Gasteiger charge is -2.02. The first kappa shape index (κ1) is 16.5. The van der Waals surface area contributed by atoms with Crippen molar-refractivity contribution in [2.45, 2.75) is 39.0 Å². The maximum atomic E-state index is 10.5. The van der Waals surface area contributed by atoms with Crippen molar-refractivity contribution in [3.8, 4) is 0 Å². The summed E-state index contributed by atoms with van der Waals surface area (Å²) in [7, 11) is -3.91. The highest BCUT2D eigenvalue weighted by Gasteiger charge is 2.06. The molecule has 0 aromatic rings. The van der Waals surface area contributed by atoms with Crippen LogP contribution in [-0.2, 0) is 14.5 Å². The maximum absolute atomic E-state index is 10.5. The van der Waals surface area contributed by atoms with Crippen LogP contribution in [-0.4, -0.2) is 20.2 Å². The Bertz CT molecular complexity index is 208. The second kappa shape index (κ2) is 9.67. The third-order valence-electron chi connectivity index (χ3n) is 1.60. The molecule has 0 aromatic heterocycles. The molecule has 0 saturated heterocycles. The second-order valence-electron chi connectivity index (χ2n) is 2.78. The van der Waals surface area contributed by atoms with Crippen molar-refractivity contribution in [3.05, 3.63) is 0 Å². The van der Waals surface area contributed by atoms with Gasteiger partial charge in [-0.1, -0.05) is 37.5 Å². The Balaban J connectivity index is 0. The highest BCUT2D eigenvalue weighted by atomic mass is 35.5. The van der Waals surface area contributed by atoms with Crippen molar-refractivity contribution < 1.29 is 17.8 Å². The molecule has 0 rings (SSSR count). The van der Waals surface area contributed by atoms with Crippen molar-refractivity contribution in [2.75, 3.05) is 6.61 Å². The Morgan fingerprint density at radius 1 is 1.21 bits per heavy atom. The quantitative estimate of drug-likeness (QED) is 0.505. The minimum absolute atomic E-state index is 0. The Hall–Kier alpha value is 0.120. The van der Waals surface area contributed by atoms with Gasteiger partial charge in [-0.2, -0.15) is 8.42 Å². The van der Waals surface area contributed by atoms with Gasteiger partial charge in [-0.05, 0) is 6.42 Å². The van der Waals surface area contributed by atoms with Crippen molar-refractivity contribution in [2.24, 2.45) is 0 Å². The largest absolute Gasteiger partial charge is 0.358 e. The molecule has 88 valence electrons. The normalized spacial score (nSPS) is 11.0. The summed E-state index contributed by atoms with van der Waals surface area (Å²) in [6, 6.07) is 0. The average Bonchev–Trinajstić information content (AvgIpc) is 2.11. The molecule has 0 bridgehead atoms. The lowest BCUT2D eigenvalue weighted by molar-refractivity contribution is 0.202. The highest BCUT2D eigenvalue weighted by Crippen LogP contribution is 2.02. The fourth-order valence-electron chi connectivity index (χ4n) is 0.901. The Morgan fingerprint density at radius 2 is 1.79 bits per heavy atom. The molecule has 0 atom stereocenters. The van der Waals surface area contributed by atoms with E-state index >= 15 is 0 Å². The van der Waals surface area contributed by atoms with Crippen LogP contribution >= 0.6 is 12.4 Å². The van der Waals surface area contributed by atoms with Gasteiger partial charge in [0.05, 0.1) is 6.61 Å². The van der Waals surface area contributed by atoms with Gasteiger partial charge in [-0.3, -0.25) is 4.18 Å². The monoisotopic (exact) mass is 247 g/mol. The molecule has 0 heterocycles. The topological polar surface area (TPSA) is 75.6 Å². The molecule has 0 fully saturated rings. The molecule has 0 radical (unpaired) electrons. The van der Waals surface area contributed by atoms with Crippen molar-refractivity contribution in [1.82, 2.24) is 4.89 Å². The van der Waals surface area contributed by atoms with Crippen LogP contribution in [0.5, 0.6) is 0 Å². The molecule has 0 amide bonds. The standard InChI is InChI=1S/C7H17NO4S.ClH/c1-2-3-4-5-6-7-12-13(10,11)8-9;/h8-9H,2-7H2,1H3;1H. The number of nitrogens with one attached hydrogen (secondary N) is 1. The van der Waals surface area contributed by atoms with Gasteiger partial charge in [0, 0.05) is 0 Å². The number of unbranched alkanes of at least 4 members (excludes halogenated alkanes) is 4. The molecule has 0 aliphatic rings.